The summed E-state index contributed by atoms with van der Waals surface area (Å²) in [6, 6.07) is 5.14. The van der Waals surface area contributed by atoms with Gasteiger partial charge in [-0.1, -0.05) is 28.4 Å². The van der Waals surface area contributed by atoms with Gasteiger partial charge in [0.25, 0.3) is 0 Å². The lowest BCUT2D eigenvalue weighted by Crippen LogP contribution is -1.86. The molecule has 78 valence electrons. The summed E-state index contributed by atoms with van der Waals surface area (Å²) in [5.74, 6) is 0.918. The molecule has 2 N–H and O–H groups in total. The summed E-state index contributed by atoms with van der Waals surface area (Å²) in [4.78, 5) is 0. The molecule has 0 unspecified atom stereocenters. The van der Waals surface area contributed by atoms with E-state index in [0.717, 1.165) is 5.56 Å². The summed E-state index contributed by atoms with van der Waals surface area (Å²) in [6.45, 7) is 1.82. The molecule has 3 nitrogen and oxygen atoms in total. The normalized spacial score (nSPS) is 10.6. The van der Waals surface area contributed by atoms with Crippen LogP contribution in [0.3, 0.4) is 0 Å². The second kappa shape index (κ2) is 3.76. The highest BCUT2D eigenvalue weighted by atomic mass is 35.5. The Morgan fingerprint density at radius 2 is 2.07 bits per heavy atom. The van der Waals surface area contributed by atoms with Gasteiger partial charge in [0.05, 0.1) is 5.02 Å². The maximum absolute atomic E-state index is 6.02. The smallest absolute Gasteiger partial charge is 0.173 e. The second-order valence-electron chi connectivity index (χ2n) is 3.15. The Morgan fingerprint density at radius 3 is 2.67 bits per heavy atom. The lowest BCUT2D eigenvalue weighted by molar-refractivity contribution is 0.435. The highest BCUT2D eigenvalue weighted by molar-refractivity contribution is 6.35. The van der Waals surface area contributed by atoms with Gasteiger partial charge in [0.15, 0.2) is 11.6 Å². The van der Waals surface area contributed by atoms with Crippen LogP contribution in [-0.2, 0) is 0 Å². The fourth-order valence-corrected chi connectivity index (χ4v) is 1.65. The van der Waals surface area contributed by atoms with Gasteiger partial charge in [-0.15, -0.1) is 0 Å². The number of halogens is 2. The van der Waals surface area contributed by atoms with Crippen LogP contribution in [0.15, 0.2) is 22.7 Å². The number of nitrogens with two attached hydrogens (primary N) is 1. The van der Waals surface area contributed by atoms with Crippen molar-refractivity contribution >= 4 is 29.0 Å². The minimum Gasteiger partial charge on any atom is -0.381 e. The number of aromatic nitrogens is 1. The van der Waals surface area contributed by atoms with E-state index >= 15 is 0 Å². The van der Waals surface area contributed by atoms with Crippen molar-refractivity contribution < 1.29 is 4.52 Å². The van der Waals surface area contributed by atoms with Gasteiger partial charge in [-0.3, -0.25) is 0 Å². The maximum Gasteiger partial charge on any atom is 0.173 e. The molecule has 0 radical (unpaired) electrons. The Hall–Kier alpha value is -1.19. The largest absolute Gasteiger partial charge is 0.381 e. The molecule has 0 aliphatic heterocycles. The molecule has 0 fully saturated rings. The standard InChI is InChI=1S/C10H8Cl2N2O/c1-5-9(15-14-10(5)13)7-4-6(11)2-3-8(7)12/h2-4H,1H3,(H2,13,14). The van der Waals surface area contributed by atoms with E-state index in [4.69, 9.17) is 33.5 Å². The van der Waals surface area contributed by atoms with Crippen LogP contribution in [0.1, 0.15) is 5.56 Å². The molecule has 1 heterocycles. The van der Waals surface area contributed by atoms with Crippen LogP contribution in [0.2, 0.25) is 10.0 Å². The first kappa shape index (κ1) is 10.3. The Morgan fingerprint density at radius 1 is 1.33 bits per heavy atom. The van der Waals surface area contributed by atoms with E-state index in [0.29, 0.717) is 27.2 Å². The lowest BCUT2D eigenvalue weighted by Gasteiger charge is -2.01. The first-order valence-corrected chi connectivity index (χ1v) is 5.02. The Balaban J connectivity index is 2.63. The SMILES string of the molecule is Cc1c(N)noc1-c1cc(Cl)ccc1Cl. The van der Waals surface area contributed by atoms with E-state index in [2.05, 4.69) is 5.16 Å². The molecule has 2 aromatic rings. The van der Waals surface area contributed by atoms with Crippen LogP contribution in [0.4, 0.5) is 5.82 Å². The molecule has 0 saturated carbocycles. The zero-order chi connectivity index (χ0) is 11.0. The van der Waals surface area contributed by atoms with Crippen molar-refractivity contribution in [2.45, 2.75) is 6.92 Å². The number of hydrogen-bond acceptors (Lipinski definition) is 3. The monoisotopic (exact) mass is 242 g/mol. The second-order valence-corrected chi connectivity index (χ2v) is 3.99. The molecule has 0 atom stereocenters. The van der Waals surface area contributed by atoms with E-state index < -0.39 is 0 Å². The van der Waals surface area contributed by atoms with E-state index in [-0.39, 0.29) is 0 Å². The molecule has 5 heteroatoms. The number of nitrogen functional groups attached to an aromatic ring is 1. The van der Waals surface area contributed by atoms with Gasteiger partial charge in [-0.25, -0.2) is 0 Å². The molecule has 0 aliphatic rings. The van der Waals surface area contributed by atoms with E-state index in [1.165, 1.54) is 0 Å². The molecule has 0 amide bonds. The molecule has 0 aliphatic carbocycles. The first-order valence-electron chi connectivity index (χ1n) is 4.26. The van der Waals surface area contributed by atoms with Gasteiger partial charge in [-0.2, -0.15) is 0 Å². The number of benzene rings is 1. The number of anilines is 1. The Labute approximate surface area is 96.8 Å². The summed E-state index contributed by atoms with van der Waals surface area (Å²) >= 11 is 11.9. The average molecular weight is 243 g/mol. The quantitative estimate of drug-likeness (QED) is 0.833. The van der Waals surface area contributed by atoms with E-state index in [1.54, 1.807) is 18.2 Å². The van der Waals surface area contributed by atoms with Gasteiger partial charge in [0, 0.05) is 16.1 Å². The van der Waals surface area contributed by atoms with Gasteiger partial charge in [-0.05, 0) is 25.1 Å². The van der Waals surface area contributed by atoms with Crippen LogP contribution in [0, 0.1) is 6.92 Å². The Kier molecular flexibility index (Phi) is 2.59. The van der Waals surface area contributed by atoms with Crippen LogP contribution < -0.4 is 5.73 Å². The topological polar surface area (TPSA) is 52.0 Å². The predicted molar refractivity (Wildman–Crippen MR) is 61.1 cm³/mol. The lowest BCUT2D eigenvalue weighted by atomic mass is 10.1. The van der Waals surface area contributed by atoms with Crippen molar-refractivity contribution in [2.75, 3.05) is 5.73 Å². The third-order valence-corrected chi connectivity index (χ3v) is 2.70. The summed E-state index contributed by atoms with van der Waals surface area (Å²) in [5.41, 5.74) is 7.05. The minimum absolute atomic E-state index is 0.362. The Bertz CT molecular complexity index is 508. The summed E-state index contributed by atoms with van der Waals surface area (Å²) in [6.07, 6.45) is 0. The zero-order valence-electron chi connectivity index (χ0n) is 7.92. The van der Waals surface area contributed by atoms with Crippen molar-refractivity contribution in [1.82, 2.24) is 5.16 Å². The molecule has 0 saturated heterocycles. The number of hydrogen-bond donors (Lipinski definition) is 1. The highest BCUT2D eigenvalue weighted by Crippen LogP contribution is 2.34. The molecule has 0 bridgehead atoms. The van der Waals surface area contributed by atoms with Gasteiger partial charge in [0.2, 0.25) is 0 Å². The summed E-state index contributed by atoms with van der Waals surface area (Å²) in [7, 11) is 0. The van der Waals surface area contributed by atoms with Crippen LogP contribution in [-0.4, -0.2) is 5.16 Å². The third-order valence-electron chi connectivity index (χ3n) is 2.13. The fraction of sp³-hybridized carbons (Fsp3) is 0.100. The van der Waals surface area contributed by atoms with Crippen LogP contribution in [0.5, 0.6) is 0 Å². The maximum atomic E-state index is 6.02. The first-order chi connectivity index (χ1) is 7.09. The predicted octanol–water partition coefficient (Wildman–Crippen LogP) is 3.54. The summed E-state index contributed by atoms with van der Waals surface area (Å²) < 4.78 is 5.10. The van der Waals surface area contributed by atoms with Crippen LogP contribution >= 0.6 is 23.2 Å². The van der Waals surface area contributed by atoms with E-state index in [9.17, 15) is 0 Å². The fourth-order valence-electron chi connectivity index (χ4n) is 1.27. The minimum atomic E-state index is 0.362. The summed E-state index contributed by atoms with van der Waals surface area (Å²) in [5, 5.41) is 4.81. The van der Waals surface area contributed by atoms with Crippen molar-refractivity contribution in [2.24, 2.45) is 0 Å². The van der Waals surface area contributed by atoms with Crippen LogP contribution in [0.25, 0.3) is 11.3 Å². The van der Waals surface area contributed by atoms with E-state index in [1.807, 2.05) is 6.92 Å². The third kappa shape index (κ3) is 1.80. The van der Waals surface area contributed by atoms with Crippen molar-refractivity contribution in [3.8, 4) is 11.3 Å². The van der Waals surface area contributed by atoms with Crippen molar-refractivity contribution in [3.63, 3.8) is 0 Å². The molecule has 0 spiro atoms. The molecular formula is C10H8Cl2N2O. The van der Waals surface area contributed by atoms with Gasteiger partial charge < -0.3 is 10.3 Å². The molecule has 1 aromatic carbocycles. The van der Waals surface area contributed by atoms with Crippen molar-refractivity contribution in [1.29, 1.82) is 0 Å². The van der Waals surface area contributed by atoms with Crippen molar-refractivity contribution in [3.05, 3.63) is 33.8 Å². The molecular weight excluding hydrogens is 235 g/mol. The average Bonchev–Trinajstić information content (AvgIpc) is 2.52. The highest BCUT2D eigenvalue weighted by Gasteiger charge is 2.14. The molecule has 2 rings (SSSR count). The van der Waals surface area contributed by atoms with Gasteiger partial charge >= 0.3 is 0 Å². The number of rotatable bonds is 1. The number of nitrogens with zero attached hydrogens (tertiary/aromatic N) is 1. The molecule has 1 aromatic heterocycles. The van der Waals surface area contributed by atoms with Gasteiger partial charge in [0.1, 0.15) is 0 Å². The molecule has 15 heavy (non-hydrogen) atoms. The zero-order valence-corrected chi connectivity index (χ0v) is 9.43.